The Kier molecular flexibility index (Phi) is 5.13. The third-order valence-electron chi connectivity index (χ3n) is 2.70. The molecule has 1 aromatic carbocycles. The van der Waals surface area contributed by atoms with Crippen molar-refractivity contribution >= 4 is 38.4 Å². The number of benzene rings is 1. The molecule has 1 unspecified atom stereocenters. The third-order valence-corrected chi connectivity index (χ3v) is 5.09. The highest BCUT2D eigenvalue weighted by molar-refractivity contribution is 9.10. The van der Waals surface area contributed by atoms with Gasteiger partial charge in [-0.2, -0.15) is 4.31 Å². The Hall–Kier alpha value is -0.210. The average Bonchev–Trinajstić information content (AvgIpc) is 2.64. The summed E-state index contributed by atoms with van der Waals surface area (Å²) in [5, 5.41) is 0. The zero-order chi connectivity index (χ0) is 12.6. The molecule has 1 aromatic rings. The van der Waals surface area contributed by atoms with Gasteiger partial charge in [-0.05, 0) is 24.6 Å². The molecule has 1 aliphatic rings. The summed E-state index contributed by atoms with van der Waals surface area (Å²) in [6, 6.07) is 3.75. The maximum Gasteiger partial charge on any atom is 0.246 e. The molecule has 0 spiro atoms. The summed E-state index contributed by atoms with van der Waals surface area (Å²) in [6.07, 6.45) is 0.609. The van der Waals surface area contributed by atoms with Gasteiger partial charge in [-0.1, -0.05) is 15.9 Å². The van der Waals surface area contributed by atoms with Gasteiger partial charge in [-0.3, -0.25) is 0 Å². The minimum absolute atomic E-state index is 0. The SMILES string of the molecule is Cl.NC1CCN(S(=O)(=O)c2ccc(Br)cc2F)C1. The molecule has 8 heteroatoms. The van der Waals surface area contributed by atoms with Crippen LogP contribution in [0.1, 0.15) is 6.42 Å². The number of sulfonamides is 1. The van der Waals surface area contributed by atoms with Crippen LogP contribution in [0.15, 0.2) is 27.6 Å². The number of hydrogen-bond acceptors (Lipinski definition) is 3. The van der Waals surface area contributed by atoms with Crippen molar-refractivity contribution in [1.82, 2.24) is 4.31 Å². The third kappa shape index (κ3) is 3.03. The molecule has 102 valence electrons. The molecular weight excluding hydrogens is 347 g/mol. The van der Waals surface area contributed by atoms with Gasteiger partial charge in [0.1, 0.15) is 10.7 Å². The van der Waals surface area contributed by atoms with Crippen molar-refractivity contribution in [3.63, 3.8) is 0 Å². The molecule has 1 aliphatic heterocycles. The van der Waals surface area contributed by atoms with Crippen LogP contribution >= 0.6 is 28.3 Å². The molecule has 2 N–H and O–H groups in total. The van der Waals surface area contributed by atoms with Crippen LogP contribution in [0.2, 0.25) is 0 Å². The topological polar surface area (TPSA) is 63.4 Å². The molecule has 0 aromatic heterocycles. The summed E-state index contributed by atoms with van der Waals surface area (Å²) in [6.45, 7) is 0.594. The smallest absolute Gasteiger partial charge is 0.246 e. The Morgan fingerprint density at radius 1 is 1.44 bits per heavy atom. The Balaban J connectivity index is 0.00000162. The number of rotatable bonds is 2. The molecule has 2 rings (SSSR count). The number of halogens is 3. The van der Waals surface area contributed by atoms with Gasteiger partial charge in [0.25, 0.3) is 0 Å². The average molecular weight is 360 g/mol. The quantitative estimate of drug-likeness (QED) is 0.875. The molecule has 1 atom stereocenters. The Bertz CT molecular complexity index is 541. The van der Waals surface area contributed by atoms with E-state index in [2.05, 4.69) is 15.9 Å². The zero-order valence-electron chi connectivity index (χ0n) is 9.34. The monoisotopic (exact) mass is 358 g/mol. The molecule has 0 amide bonds. The van der Waals surface area contributed by atoms with Gasteiger partial charge >= 0.3 is 0 Å². The van der Waals surface area contributed by atoms with E-state index in [1.807, 2.05) is 0 Å². The fourth-order valence-corrected chi connectivity index (χ4v) is 3.69. The van der Waals surface area contributed by atoms with Gasteiger partial charge < -0.3 is 5.73 Å². The lowest BCUT2D eigenvalue weighted by Crippen LogP contribution is -2.32. The van der Waals surface area contributed by atoms with Crippen LogP contribution in [0, 0.1) is 5.82 Å². The van der Waals surface area contributed by atoms with Crippen LogP contribution in [0.3, 0.4) is 0 Å². The summed E-state index contributed by atoms with van der Waals surface area (Å²) in [5.74, 6) is -0.750. The van der Waals surface area contributed by atoms with Crippen LogP contribution in [-0.2, 0) is 10.0 Å². The van der Waals surface area contributed by atoms with E-state index in [-0.39, 0.29) is 29.9 Å². The van der Waals surface area contributed by atoms with Crippen LogP contribution in [-0.4, -0.2) is 31.9 Å². The largest absolute Gasteiger partial charge is 0.326 e. The highest BCUT2D eigenvalue weighted by Crippen LogP contribution is 2.24. The Morgan fingerprint density at radius 3 is 2.61 bits per heavy atom. The summed E-state index contributed by atoms with van der Waals surface area (Å²) >= 11 is 3.09. The summed E-state index contributed by atoms with van der Waals surface area (Å²) < 4.78 is 39.6. The van der Waals surface area contributed by atoms with Crippen LogP contribution in [0.25, 0.3) is 0 Å². The molecule has 1 heterocycles. The van der Waals surface area contributed by atoms with E-state index in [4.69, 9.17) is 5.73 Å². The molecule has 18 heavy (non-hydrogen) atoms. The number of nitrogens with two attached hydrogens (primary N) is 1. The van der Waals surface area contributed by atoms with Gasteiger partial charge in [0.05, 0.1) is 0 Å². The molecule has 0 bridgehead atoms. The molecular formula is C10H13BrClFN2O2S. The number of nitrogens with zero attached hydrogens (tertiary/aromatic N) is 1. The predicted molar refractivity (Wildman–Crippen MR) is 72.7 cm³/mol. The van der Waals surface area contributed by atoms with Crippen molar-refractivity contribution in [3.05, 3.63) is 28.5 Å². The van der Waals surface area contributed by atoms with Gasteiger partial charge in [-0.25, -0.2) is 12.8 Å². The maximum atomic E-state index is 13.6. The first kappa shape index (κ1) is 15.8. The van der Waals surface area contributed by atoms with E-state index in [1.165, 1.54) is 16.4 Å². The lowest BCUT2D eigenvalue weighted by atomic mass is 10.3. The van der Waals surface area contributed by atoms with Crippen molar-refractivity contribution in [2.45, 2.75) is 17.4 Å². The minimum atomic E-state index is -3.76. The van der Waals surface area contributed by atoms with Crippen molar-refractivity contribution in [3.8, 4) is 0 Å². The van der Waals surface area contributed by atoms with Crippen molar-refractivity contribution in [2.75, 3.05) is 13.1 Å². The lowest BCUT2D eigenvalue weighted by molar-refractivity contribution is 0.465. The first-order valence-electron chi connectivity index (χ1n) is 5.12. The fourth-order valence-electron chi connectivity index (χ4n) is 1.80. The molecule has 1 saturated heterocycles. The van der Waals surface area contributed by atoms with Crippen molar-refractivity contribution < 1.29 is 12.8 Å². The summed E-state index contributed by atoms with van der Waals surface area (Å²) in [7, 11) is -3.76. The van der Waals surface area contributed by atoms with Gasteiger partial charge in [0, 0.05) is 23.6 Å². The summed E-state index contributed by atoms with van der Waals surface area (Å²) in [5.41, 5.74) is 5.65. The molecule has 0 aliphatic carbocycles. The van der Waals surface area contributed by atoms with E-state index >= 15 is 0 Å². The lowest BCUT2D eigenvalue weighted by Gasteiger charge is -2.16. The second-order valence-electron chi connectivity index (χ2n) is 3.99. The predicted octanol–water partition coefficient (Wildman–Crippen LogP) is 1.73. The second-order valence-corrected chi connectivity index (χ2v) is 6.81. The van der Waals surface area contributed by atoms with E-state index in [1.54, 1.807) is 0 Å². The standard InChI is InChI=1S/C10H12BrFN2O2S.ClH/c11-7-1-2-10(9(12)5-7)17(15,16)14-4-3-8(13)6-14;/h1-2,5,8H,3-4,6,13H2;1H. The molecule has 0 saturated carbocycles. The second kappa shape index (κ2) is 5.83. The highest BCUT2D eigenvalue weighted by Gasteiger charge is 2.32. The molecule has 4 nitrogen and oxygen atoms in total. The zero-order valence-corrected chi connectivity index (χ0v) is 12.6. The van der Waals surface area contributed by atoms with Gasteiger partial charge in [-0.15, -0.1) is 12.4 Å². The Labute approximate surface area is 120 Å². The van der Waals surface area contributed by atoms with E-state index in [0.29, 0.717) is 17.4 Å². The highest BCUT2D eigenvalue weighted by atomic mass is 79.9. The van der Waals surface area contributed by atoms with Gasteiger partial charge in [0.2, 0.25) is 10.0 Å². The maximum absolute atomic E-state index is 13.6. The van der Waals surface area contributed by atoms with E-state index in [9.17, 15) is 12.8 Å². The van der Waals surface area contributed by atoms with E-state index < -0.39 is 15.8 Å². The summed E-state index contributed by atoms with van der Waals surface area (Å²) in [4.78, 5) is -0.296. The Morgan fingerprint density at radius 2 is 2.11 bits per heavy atom. The van der Waals surface area contributed by atoms with Crippen LogP contribution < -0.4 is 5.73 Å². The molecule has 0 radical (unpaired) electrons. The van der Waals surface area contributed by atoms with Gasteiger partial charge in [0.15, 0.2) is 0 Å². The van der Waals surface area contributed by atoms with Crippen LogP contribution in [0.5, 0.6) is 0 Å². The van der Waals surface area contributed by atoms with Crippen molar-refractivity contribution in [1.29, 1.82) is 0 Å². The first-order chi connectivity index (χ1) is 7.91. The van der Waals surface area contributed by atoms with E-state index in [0.717, 1.165) is 6.07 Å². The first-order valence-corrected chi connectivity index (χ1v) is 7.35. The normalized spacial score (nSPS) is 20.7. The molecule has 1 fully saturated rings. The minimum Gasteiger partial charge on any atom is -0.326 e. The fraction of sp³-hybridized carbons (Fsp3) is 0.400. The van der Waals surface area contributed by atoms with Crippen molar-refractivity contribution in [2.24, 2.45) is 5.73 Å². The number of hydrogen-bond donors (Lipinski definition) is 1. The van der Waals surface area contributed by atoms with Crippen LogP contribution in [0.4, 0.5) is 4.39 Å².